The molecule has 29 heavy (non-hydrogen) atoms. The SMILES string of the molecule is C#Cc1cccc(Nc2ncnc3cc(NC(=O)N(C)CCN(C)C)ccc23)c1. The molecule has 0 aliphatic carbocycles. The smallest absolute Gasteiger partial charge is 0.321 e. The molecule has 0 unspecified atom stereocenters. The molecular weight excluding hydrogens is 364 g/mol. The summed E-state index contributed by atoms with van der Waals surface area (Å²) in [6, 6.07) is 13.0. The van der Waals surface area contributed by atoms with Crippen LogP contribution in [-0.4, -0.2) is 60.0 Å². The van der Waals surface area contributed by atoms with Gasteiger partial charge >= 0.3 is 6.03 Å². The molecule has 3 rings (SSSR count). The van der Waals surface area contributed by atoms with Gasteiger partial charge in [0.05, 0.1) is 5.52 Å². The predicted molar refractivity (Wildman–Crippen MR) is 117 cm³/mol. The number of anilines is 3. The Kier molecular flexibility index (Phi) is 6.27. The molecule has 2 amide bonds. The van der Waals surface area contributed by atoms with Crippen LogP contribution < -0.4 is 10.6 Å². The molecule has 0 bridgehead atoms. The number of urea groups is 1. The minimum Gasteiger partial charge on any atom is -0.340 e. The first-order valence-corrected chi connectivity index (χ1v) is 9.21. The van der Waals surface area contributed by atoms with Gasteiger partial charge in [-0.1, -0.05) is 12.0 Å². The fourth-order valence-corrected chi connectivity index (χ4v) is 2.73. The van der Waals surface area contributed by atoms with Crippen molar-refractivity contribution in [2.75, 3.05) is 44.9 Å². The van der Waals surface area contributed by atoms with Gasteiger partial charge in [-0.2, -0.15) is 0 Å². The number of hydrogen-bond acceptors (Lipinski definition) is 5. The molecule has 0 spiro atoms. The van der Waals surface area contributed by atoms with E-state index in [1.807, 2.05) is 61.5 Å². The quantitative estimate of drug-likeness (QED) is 0.634. The number of carbonyl (C=O) groups excluding carboxylic acids is 1. The zero-order valence-corrected chi connectivity index (χ0v) is 16.8. The summed E-state index contributed by atoms with van der Waals surface area (Å²) in [6.45, 7) is 1.43. The number of nitrogens with zero attached hydrogens (tertiary/aromatic N) is 4. The number of aromatic nitrogens is 2. The number of hydrogen-bond donors (Lipinski definition) is 2. The second-order valence-corrected chi connectivity index (χ2v) is 6.96. The van der Waals surface area contributed by atoms with Gasteiger partial charge in [0.15, 0.2) is 0 Å². The molecular formula is C22H24N6O. The fraction of sp³-hybridized carbons (Fsp3) is 0.227. The Balaban J connectivity index is 1.77. The normalized spacial score (nSPS) is 10.6. The van der Waals surface area contributed by atoms with E-state index in [-0.39, 0.29) is 6.03 Å². The topological polar surface area (TPSA) is 73.4 Å². The van der Waals surface area contributed by atoms with Crippen LogP contribution >= 0.6 is 0 Å². The summed E-state index contributed by atoms with van der Waals surface area (Å²) in [5, 5.41) is 7.03. The fourth-order valence-electron chi connectivity index (χ4n) is 2.73. The lowest BCUT2D eigenvalue weighted by Gasteiger charge is -2.20. The van der Waals surface area contributed by atoms with Crippen molar-refractivity contribution in [3.05, 3.63) is 54.4 Å². The van der Waals surface area contributed by atoms with Crippen LogP contribution in [0.25, 0.3) is 10.9 Å². The van der Waals surface area contributed by atoms with Gasteiger partial charge < -0.3 is 20.4 Å². The van der Waals surface area contributed by atoms with Crippen LogP contribution in [0.2, 0.25) is 0 Å². The minimum atomic E-state index is -0.162. The Morgan fingerprint density at radius 3 is 2.66 bits per heavy atom. The van der Waals surface area contributed by atoms with E-state index in [4.69, 9.17) is 6.42 Å². The number of carbonyl (C=O) groups is 1. The van der Waals surface area contributed by atoms with E-state index in [9.17, 15) is 4.79 Å². The summed E-state index contributed by atoms with van der Waals surface area (Å²) in [5.74, 6) is 3.29. The van der Waals surface area contributed by atoms with E-state index >= 15 is 0 Å². The third kappa shape index (κ3) is 5.21. The van der Waals surface area contributed by atoms with E-state index < -0.39 is 0 Å². The number of nitrogens with one attached hydrogen (secondary N) is 2. The van der Waals surface area contributed by atoms with Gasteiger partial charge in [-0.15, -0.1) is 6.42 Å². The van der Waals surface area contributed by atoms with Gasteiger partial charge in [-0.25, -0.2) is 14.8 Å². The maximum absolute atomic E-state index is 12.4. The Bertz CT molecular complexity index is 1060. The van der Waals surface area contributed by atoms with Gasteiger partial charge in [0.1, 0.15) is 12.1 Å². The van der Waals surface area contributed by atoms with Crippen LogP contribution in [0.5, 0.6) is 0 Å². The molecule has 0 radical (unpaired) electrons. The first kappa shape index (κ1) is 20.1. The lowest BCUT2D eigenvalue weighted by atomic mass is 10.2. The van der Waals surface area contributed by atoms with E-state index in [2.05, 4.69) is 26.5 Å². The summed E-state index contributed by atoms with van der Waals surface area (Å²) in [4.78, 5) is 24.7. The molecule has 0 aliphatic rings. The van der Waals surface area contributed by atoms with Crippen molar-refractivity contribution in [3.63, 3.8) is 0 Å². The van der Waals surface area contributed by atoms with Crippen molar-refractivity contribution in [1.82, 2.24) is 19.8 Å². The van der Waals surface area contributed by atoms with Crippen LogP contribution in [0, 0.1) is 12.3 Å². The summed E-state index contributed by atoms with van der Waals surface area (Å²) >= 11 is 0. The average molecular weight is 388 g/mol. The lowest BCUT2D eigenvalue weighted by Crippen LogP contribution is -2.36. The number of benzene rings is 2. The maximum atomic E-state index is 12.4. The zero-order valence-electron chi connectivity index (χ0n) is 16.8. The van der Waals surface area contributed by atoms with E-state index in [1.165, 1.54) is 6.33 Å². The highest BCUT2D eigenvalue weighted by molar-refractivity contribution is 5.96. The Hall–Kier alpha value is -3.63. The van der Waals surface area contributed by atoms with Gasteiger partial charge in [0.25, 0.3) is 0 Å². The first-order chi connectivity index (χ1) is 14.0. The summed E-state index contributed by atoms with van der Waals surface area (Å²) in [5.41, 5.74) is 3.04. The average Bonchev–Trinajstić information content (AvgIpc) is 2.72. The van der Waals surface area contributed by atoms with Crippen LogP contribution in [0.15, 0.2) is 48.8 Å². The molecule has 148 valence electrons. The van der Waals surface area contributed by atoms with Crippen molar-refractivity contribution in [1.29, 1.82) is 0 Å². The van der Waals surface area contributed by atoms with Gasteiger partial charge in [-0.05, 0) is 50.5 Å². The van der Waals surface area contributed by atoms with Gasteiger partial charge in [0, 0.05) is 42.5 Å². The summed E-state index contributed by atoms with van der Waals surface area (Å²) < 4.78 is 0. The minimum absolute atomic E-state index is 0.162. The highest BCUT2D eigenvalue weighted by Crippen LogP contribution is 2.25. The van der Waals surface area contributed by atoms with Crippen molar-refractivity contribution < 1.29 is 4.79 Å². The van der Waals surface area contributed by atoms with Crippen molar-refractivity contribution in [3.8, 4) is 12.3 Å². The van der Waals surface area contributed by atoms with Crippen molar-refractivity contribution in [2.24, 2.45) is 0 Å². The number of terminal acetylenes is 1. The molecule has 0 aliphatic heterocycles. The molecule has 2 N–H and O–H groups in total. The number of fused-ring (bicyclic) bond motifs is 1. The van der Waals surface area contributed by atoms with Crippen molar-refractivity contribution >= 4 is 34.1 Å². The molecule has 7 heteroatoms. The first-order valence-electron chi connectivity index (χ1n) is 9.21. The van der Waals surface area contributed by atoms with Crippen LogP contribution in [0.4, 0.5) is 22.0 Å². The highest BCUT2D eigenvalue weighted by atomic mass is 16.2. The standard InChI is InChI=1S/C22H24N6O/c1-5-16-7-6-8-17(13-16)25-21-19-10-9-18(14-20(19)23-15-24-21)26-22(29)28(4)12-11-27(2)3/h1,6-10,13-15H,11-12H2,2-4H3,(H,26,29)(H,23,24,25). The Morgan fingerprint density at radius 2 is 1.90 bits per heavy atom. The maximum Gasteiger partial charge on any atom is 0.321 e. The number of amides is 2. The molecule has 7 nitrogen and oxygen atoms in total. The van der Waals surface area contributed by atoms with E-state index in [0.717, 1.165) is 28.7 Å². The third-order valence-electron chi connectivity index (χ3n) is 4.41. The van der Waals surface area contributed by atoms with Gasteiger partial charge in [0.2, 0.25) is 0 Å². The van der Waals surface area contributed by atoms with Crippen LogP contribution in [0.1, 0.15) is 5.56 Å². The monoisotopic (exact) mass is 388 g/mol. The van der Waals surface area contributed by atoms with Crippen molar-refractivity contribution in [2.45, 2.75) is 0 Å². The molecule has 3 aromatic rings. The largest absolute Gasteiger partial charge is 0.340 e. The molecule has 0 atom stereocenters. The van der Waals surface area contributed by atoms with Crippen LogP contribution in [0.3, 0.4) is 0 Å². The number of likely N-dealkylation sites (N-methyl/N-ethyl adjacent to an activating group) is 2. The molecule has 0 saturated heterocycles. The summed E-state index contributed by atoms with van der Waals surface area (Å²) in [6.07, 6.45) is 6.96. The Morgan fingerprint density at radius 1 is 1.07 bits per heavy atom. The highest BCUT2D eigenvalue weighted by Gasteiger charge is 2.11. The van der Waals surface area contributed by atoms with E-state index in [0.29, 0.717) is 18.1 Å². The number of rotatable bonds is 6. The lowest BCUT2D eigenvalue weighted by molar-refractivity contribution is 0.217. The Labute approximate surface area is 170 Å². The predicted octanol–water partition coefficient (Wildman–Crippen LogP) is 3.38. The van der Waals surface area contributed by atoms with Crippen LogP contribution in [-0.2, 0) is 0 Å². The van der Waals surface area contributed by atoms with E-state index in [1.54, 1.807) is 11.9 Å². The molecule has 1 heterocycles. The van der Waals surface area contributed by atoms with Gasteiger partial charge in [-0.3, -0.25) is 0 Å². The summed E-state index contributed by atoms with van der Waals surface area (Å²) in [7, 11) is 5.72. The molecule has 2 aromatic carbocycles. The molecule has 0 saturated carbocycles. The molecule has 1 aromatic heterocycles. The second kappa shape index (κ2) is 9.04. The molecule has 0 fully saturated rings. The second-order valence-electron chi connectivity index (χ2n) is 6.96. The zero-order chi connectivity index (χ0) is 20.8. The third-order valence-corrected chi connectivity index (χ3v) is 4.41.